The summed E-state index contributed by atoms with van der Waals surface area (Å²) in [5, 5.41) is 6.95. The summed E-state index contributed by atoms with van der Waals surface area (Å²) in [5.74, 6) is -0.158. The van der Waals surface area contributed by atoms with Gasteiger partial charge in [-0.1, -0.05) is 6.07 Å². The van der Waals surface area contributed by atoms with Crippen LogP contribution in [0.4, 0.5) is 0 Å². The van der Waals surface area contributed by atoms with Crippen molar-refractivity contribution in [3.8, 4) is 11.3 Å². The molecular weight excluding hydrogens is 278 g/mol. The molecule has 6 heteroatoms. The van der Waals surface area contributed by atoms with Gasteiger partial charge in [0.15, 0.2) is 0 Å². The zero-order valence-electron chi connectivity index (χ0n) is 12.1. The lowest BCUT2D eigenvalue weighted by Crippen LogP contribution is -2.22. The third-order valence-electron chi connectivity index (χ3n) is 3.20. The summed E-state index contributed by atoms with van der Waals surface area (Å²) in [4.78, 5) is 20.4. The maximum absolute atomic E-state index is 12.1. The van der Waals surface area contributed by atoms with E-state index in [1.54, 1.807) is 35.5 Å². The lowest BCUT2D eigenvalue weighted by atomic mass is 10.2. The van der Waals surface area contributed by atoms with E-state index in [9.17, 15) is 4.79 Å². The molecule has 22 heavy (non-hydrogen) atoms. The Morgan fingerprint density at radius 3 is 2.77 bits per heavy atom. The number of aryl methyl sites for hydroxylation is 1. The number of pyridine rings is 2. The third kappa shape index (κ3) is 3.17. The van der Waals surface area contributed by atoms with Crippen LogP contribution in [0, 0.1) is 0 Å². The average Bonchev–Trinajstić information content (AvgIpc) is 3.00. The van der Waals surface area contributed by atoms with Crippen LogP contribution in [0.1, 0.15) is 15.9 Å². The number of nitrogens with one attached hydrogen (secondary N) is 1. The molecular formula is C16H15N5O. The van der Waals surface area contributed by atoms with Crippen LogP contribution in [0.25, 0.3) is 11.3 Å². The number of nitrogens with zero attached hydrogens (tertiary/aromatic N) is 4. The summed E-state index contributed by atoms with van der Waals surface area (Å²) in [7, 11) is 1.85. The van der Waals surface area contributed by atoms with Gasteiger partial charge in [0.2, 0.25) is 0 Å². The van der Waals surface area contributed by atoms with Gasteiger partial charge in [-0.2, -0.15) is 5.10 Å². The summed E-state index contributed by atoms with van der Waals surface area (Å²) in [5.41, 5.74) is 3.19. The highest BCUT2D eigenvalue weighted by molar-refractivity contribution is 5.94. The normalized spacial score (nSPS) is 10.4. The van der Waals surface area contributed by atoms with Crippen molar-refractivity contribution in [2.45, 2.75) is 6.54 Å². The van der Waals surface area contributed by atoms with E-state index in [4.69, 9.17) is 0 Å². The van der Waals surface area contributed by atoms with Crippen molar-refractivity contribution >= 4 is 5.91 Å². The van der Waals surface area contributed by atoms with Gasteiger partial charge in [0, 0.05) is 43.9 Å². The second-order valence-corrected chi connectivity index (χ2v) is 4.88. The first kappa shape index (κ1) is 13.9. The summed E-state index contributed by atoms with van der Waals surface area (Å²) < 4.78 is 1.71. The molecule has 1 N–H and O–H groups in total. The topological polar surface area (TPSA) is 72.7 Å². The van der Waals surface area contributed by atoms with E-state index in [0.717, 1.165) is 16.8 Å². The highest BCUT2D eigenvalue weighted by atomic mass is 16.1. The van der Waals surface area contributed by atoms with Crippen LogP contribution in [-0.2, 0) is 13.6 Å². The molecule has 0 saturated heterocycles. The van der Waals surface area contributed by atoms with Gasteiger partial charge in [0.25, 0.3) is 5.91 Å². The molecule has 0 aromatic carbocycles. The molecule has 0 bridgehead atoms. The molecule has 0 unspecified atom stereocenters. The first-order valence-corrected chi connectivity index (χ1v) is 6.84. The quantitative estimate of drug-likeness (QED) is 0.796. The minimum absolute atomic E-state index is 0.158. The summed E-state index contributed by atoms with van der Waals surface area (Å²) in [6.07, 6.45) is 8.62. The van der Waals surface area contributed by atoms with Crippen molar-refractivity contribution in [1.29, 1.82) is 0 Å². The molecule has 3 aromatic heterocycles. The van der Waals surface area contributed by atoms with Crippen LogP contribution < -0.4 is 5.32 Å². The fraction of sp³-hybridized carbons (Fsp3) is 0.125. The number of hydrogen-bond donors (Lipinski definition) is 1. The van der Waals surface area contributed by atoms with Crippen LogP contribution in [-0.4, -0.2) is 25.7 Å². The van der Waals surface area contributed by atoms with Crippen molar-refractivity contribution in [1.82, 2.24) is 25.1 Å². The SMILES string of the molecule is Cn1cc(-c2ccc(C(=O)NCc3cccnc3)cn2)cn1. The second kappa shape index (κ2) is 6.17. The zero-order chi connectivity index (χ0) is 15.4. The van der Waals surface area contributed by atoms with E-state index < -0.39 is 0 Å². The van der Waals surface area contributed by atoms with Crippen molar-refractivity contribution in [3.05, 3.63) is 66.4 Å². The molecule has 0 aliphatic rings. The van der Waals surface area contributed by atoms with Crippen LogP contribution in [0.3, 0.4) is 0 Å². The van der Waals surface area contributed by atoms with Crippen molar-refractivity contribution in [2.75, 3.05) is 0 Å². The van der Waals surface area contributed by atoms with Gasteiger partial charge >= 0.3 is 0 Å². The van der Waals surface area contributed by atoms with Gasteiger partial charge in [-0.15, -0.1) is 0 Å². The smallest absolute Gasteiger partial charge is 0.253 e. The maximum Gasteiger partial charge on any atom is 0.253 e. The van der Waals surface area contributed by atoms with Gasteiger partial charge in [0.1, 0.15) is 0 Å². The van der Waals surface area contributed by atoms with Crippen molar-refractivity contribution in [2.24, 2.45) is 7.05 Å². The number of aromatic nitrogens is 4. The Balaban J connectivity index is 1.66. The maximum atomic E-state index is 12.1. The third-order valence-corrected chi connectivity index (χ3v) is 3.20. The number of hydrogen-bond acceptors (Lipinski definition) is 4. The highest BCUT2D eigenvalue weighted by Crippen LogP contribution is 2.15. The van der Waals surface area contributed by atoms with Gasteiger partial charge in [-0.05, 0) is 23.8 Å². The van der Waals surface area contributed by atoms with E-state index in [1.807, 2.05) is 31.4 Å². The molecule has 0 atom stereocenters. The largest absolute Gasteiger partial charge is 0.348 e. The van der Waals surface area contributed by atoms with Crippen LogP contribution in [0.15, 0.2) is 55.2 Å². The Kier molecular flexibility index (Phi) is 3.91. The lowest BCUT2D eigenvalue weighted by Gasteiger charge is -2.05. The van der Waals surface area contributed by atoms with E-state index in [2.05, 4.69) is 20.4 Å². The summed E-state index contributed by atoms with van der Waals surface area (Å²) in [6, 6.07) is 7.33. The lowest BCUT2D eigenvalue weighted by molar-refractivity contribution is 0.0950. The Morgan fingerprint density at radius 1 is 1.23 bits per heavy atom. The minimum Gasteiger partial charge on any atom is -0.348 e. The molecule has 0 spiro atoms. The van der Waals surface area contributed by atoms with Gasteiger partial charge in [-0.25, -0.2) is 0 Å². The fourth-order valence-corrected chi connectivity index (χ4v) is 2.04. The molecule has 1 amide bonds. The monoisotopic (exact) mass is 293 g/mol. The van der Waals surface area contributed by atoms with Crippen molar-refractivity contribution < 1.29 is 4.79 Å². The number of carbonyl (C=O) groups excluding carboxylic acids is 1. The van der Waals surface area contributed by atoms with Crippen molar-refractivity contribution in [3.63, 3.8) is 0 Å². The molecule has 0 aliphatic heterocycles. The molecule has 3 heterocycles. The Labute approximate surface area is 127 Å². The molecule has 0 fully saturated rings. The molecule has 0 radical (unpaired) electrons. The van der Waals surface area contributed by atoms with Crippen LogP contribution in [0.5, 0.6) is 0 Å². The molecule has 0 saturated carbocycles. The predicted molar refractivity (Wildman–Crippen MR) is 81.8 cm³/mol. The molecule has 110 valence electrons. The number of carbonyl (C=O) groups is 1. The Hall–Kier alpha value is -3.02. The minimum atomic E-state index is -0.158. The molecule has 0 aliphatic carbocycles. The predicted octanol–water partition coefficient (Wildman–Crippen LogP) is 1.81. The molecule has 3 rings (SSSR count). The second-order valence-electron chi connectivity index (χ2n) is 4.88. The fourth-order valence-electron chi connectivity index (χ4n) is 2.04. The Bertz CT molecular complexity index is 765. The molecule has 3 aromatic rings. The van der Waals surface area contributed by atoms with E-state index in [1.165, 1.54) is 0 Å². The van der Waals surface area contributed by atoms with E-state index in [0.29, 0.717) is 12.1 Å². The summed E-state index contributed by atoms with van der Waals surface area (Å²) in [6.45, 7) is 0.441. The number of rotatable bonds is 4. The van der Waals surface area contributed by atoms with E-state index in [-0.39, 0.29) is 5.91 Å². The zero-order valence-corrected chi connectivity index (χ0v) is 12.1. The first-order valence-electron chi connectivity index (χ1n) is 6.84. The molecule has 6 nitrogen and oxygen atoms in total. The van der Waals surface area contributed by atoms with Crippen LogP contribution in [0.2, 0.25) is 0 Å². The first-order chi connectivity index (χ1) is 10.7. The Morgan fingerprint density at radius 2 is 2.14 bits per heavy atom. The highest BCUT2D eigenvalue weighted by Gasteiger charge is 2.07. The number of amides is 1. The standard InChI is InChI=1S/C16H15N5O/c1-21-11-14(10-20-21)15-5-4-13(9-18-15)16(22)19-8-12-3-2-6-17-7-12/h2-7,9-11H,8H2,1H3,(H,19,22). The van der Waals surface area contributed by atoms with Crippen LogP contribution >= 0.6 is 0 Å². The van der Waals surface area contributed by atoms with Gasteiger partial charge < -0.3 is 5.32 Å². The van der Waals surface area contributed by atoms with E-state index >= 15 is 0 Å². The average molecular weight is 293 g/mol. The van der Waals surface area contributed by atoms with Gasteiger partial charge in [0.05, 0.1) is 17.5 Å². The summed E-state index contributed by atoms with van der Waals surface area (Å²) >= 11 is 0. The van der Waals surface area contributed by atoms with Gasteiger partial charge in [-0.3, -0.25) is 19.4 Å².